The number of hydrogen-bond donors (Lipinski definition) is 4. The van der Waals surface area contributed by atoms with Gasteiger partial charge in [-0.25, -0.2) is 4.79 Å². The van der Waals surface area contributed by atoms with E-state index in [1.807, 2.05) is 6.92 Å². The number of morpholine rings is 1. The molecule has 0 bridgehead atoms. The molecule has 1 fully saturated rings. The molecule has 0 saturated carbocycles. The predicted octanol–water partition coefficient (Wildman–Crippen LogP) is 0.914. The van der Waals surface area contributed by atoms with Crippen LogP contribution in [0.1, 0.15) is 6.92 Å². The van der Waals surface area contributed by atoms with Crippen LogP contribution in [0.4, 0.5) is 16.2 Å². The summed E-state index contributed by atoms with van der Waals surface area (Å²) in [5.41, 5.74) is 6.16. The minimum Gasteiger partial charge on any atom is -0.375 e. The van der Waals surface area contributed by atoms with Crippen molar-refractivity contribution < 1.29 is 14.3 Å². The molecule has 1 aliphatic rings. The van der Waals surface area contributed by atoms with E-state index in [1.54, 1.807) is 24.3 Å². The zero-order valence-electron chi connectivity index (χ0n) is 11.6. The maximum absolute atomic E-state index is 12.1. The Kier molecular flexibility index (Phi) is 6.41. The number of primary amides is 1. The van der Waals surface area contributed by atoms with Crippen molar-refractivity contribution >= 4 is 35.7 Å². The average Bonchev–Trinajstić information content (AvgIpc) is 2.38. The largest absolute Gasteiger partial charge is 0.375 e. The van der Waals surface area contributed by atoms with Gasteiger partial charge in [0.25, 0.3) is 0 Å². The van der Waals surface area contributed by atoms with Crippen molar-refractivity contribution in [2.45, 2.75) is 19.1 Å². The van der Waals surface area contributed by atoms with Crippen molar-refractivity contribution in [2.75, 3.05) is 23.8 Å². The highest BCUT2D eigenvalue weighted by molar-refractivity contribution is 5.96. The van der Waals surface area contributed by atoms with Gasteiger partial charge in [0.1, 0.15) is 6.04 Å². The number of anilines is 2. The van der Waals surface area contributed by atoms with Gasteiger partial charge < -0.3 is 26.4 Å². The molecule has 1 aliphatic heterocycles. The maximum atomic E-state index is 12.1. The first-order valence-corrected chi connectivity index (χ1v) is 6.38. The van der Waals surface area contributed by atoms with Crippen LogP contribution in [0, 0.1) is 0 Å². The van der Waals surface area contributed by atoms with E-state index in [0.717, 1.165) is 0 Å². The molecule has 1 heterocycles. The fourth-order valence-electron chi connectivity index (χ4n) is 2.06. The molecule has 0 radical (unpaired) electrons. The van der Waals surface area contributed by atoms with E-state index >= 15 is 0 Å². The van der Waals surface area contributed by atoms with Gasteiger partial charge >= 0.3 is 6.03 Å². The first-order chi connectivity index (χ1) is 9.56. The van der Waals surface area contributed by atoms with Crippen LogP contribution >= 0.6 is 12.4 Å². The molecule has 0 spiro atoms. The molecule has 8 heteroatoms. The lowest BCUT2D eigenvalue weighted by molar-refractivity contribution is -0.123. The molecule has 0 aliphatic carbocycles. The Labute approximate surface area is 129 Å². The fourth-order valence-corrected chi connectivity index (χ4v) is 2.06. The van der Waals surface area contributed by atoms with Crippen LogP contribution in [0.2, 0.25) is 0 Å². The van der Waals surface area contributed by atoms with Crippen LogP contribution in [0.25, 0.3) is 0 Å². The molecule has 5 N–H and O–H groups in total. The van der Waals surface area contributed by atoms with Crippen LogP contribution < -0.4 is 21.7 Å². The number of amides is 3. The standard InChI is InChI=1S/C13H18N4O3.ClH/c1-8-11(15-5-6-20-8)12(18)16-9-3-2-4-10(7-9)17-13(14)19;/h2-4,7-8,11,15H,5-6H2,1H3,(H,16,18)(H3,14,17,19);1H/t8-,11+;/m1./s1. The zero-order chi connectivity index (χ0) is 14.5. The Hall–Kier alpha value is -1.83. The highest BCUT2D eigenvalue weighted by atomic mass is 35.5. The third-order valence-electron chi connectivity index (χ3n) is 3.00. The number of urea groups is 1. The van der Waals surface area contributed by atoms with Gasteiger partial charge in [-0.2, -0.15) is 0 Å². The molecule has 3 amide bonds. The van der Waals surface area contributed by atoms with Gasteiger partial charge in [-0.05, 0) is 25.1 Å². The second kappa shape index (κ2) is 7.82. The summed E-state index contributed by atoms with van der Waals surface area (Å²) in [5, 5.41) is 8.35. The van der Waals surface area contributed by atoms with Gasteiger partial charge in [0.15, 0.2) is 0 Å². The Bertz CT molecular complexity index is 512. The summed E-state index contributed by atoms with van der Waals surface area (Å²) in [6, 6.07) is 5.73. The summed E-state index contributed by atoms with van der Waals surface area (Å²) in [6.45, 7) is 3.09. The third-order valence-corrected chi connectivity index (χ3v) is 3.00. The molecule has 2 rings (SSSR count). The Morgan fingerprint density at radius 3 is 2.62 bits per heavy atom. The van der Waals surface area contributed by atoms with Crippen LogP contribution in [0.5, 0.6) is 0 Å². The minimum atomic E-state index is -0.649. The molecule has 1 aromatic rings. The van der Waals surface area contributed by atoms with Crippen molar-refractivity contribution in [3.63, 3.8) is 0 Å². The van der Waals surface area contributed by atoms with Crippen LogP contribution in [0.15, 0.2) is 24.3 Å². The molecular weight excluding hydrogens is 296 g/mol. The number of hydrogen-bond acceptors (Lipinski definition) is 4. The molecule has 0 unspecified atom stereocenters. The summed E-state index contributed by atoms with van der Waals surface area (Å²) < 4.78 is 5.43. The molecule has 2 atom stereocenters. The topological polar surface area (TPSA) is 105 Å². The summed E-state index contributed by atoms with van der Waals surface area (Å²) in [5.74, 6) is -0.173. The van der Waals surface area contributed by atoms with Gasteiger partial charge in [-0.3, -0.25) is 4.79 Å². The van der Waals surface area contributed by atoms with Gasteiger partial charge in [0, 0.05) is 17.9 Å². The summed E-state index contributed by atoms with van der Waals surface area (Å²) in [6.07, 6.45) is -0.185. The molecule has 0 aromatic heterocycles. The lowest BCUT2D eigenvalue weighted by atomic mass is 10.1. The monoisotopic (exact) mass is 314 g/mol. The Morgan fingerprint density at radius 1 is 1.33 bits per heavy atom. The zero-order valence-corrected chi connectivity index (χ0v) is 12.4. The summed E-state index contributed by atoms with van der Waals surface area (Å²) in [7, 11) is 0. The highest BCUT2D eigenvalue weighted by Crippen LogP contribution is 2.16. The van der Waals surface area contributed by atoms with Gasteiger partial charge in [0.2, 0.25) is 5.91 Å². The third kappa shape index (κ3) is 4.89. The first kappa shape index (κ1) is 17.2. The number of rotatable bonds is 3. The van der Waals surface area contributed by atoms with E-state index in [-0.39, 0.29) is 24.4 Å². The van der Waals surface area contributed by atoms with Crippen molar-refractivity contribution in [1.82, 2.24) is 5.32 Å². The molecule has 21 heavy (non-hydrogen) atoms. The smallest absolute Gasteiger partial charge is 0.316 e. The van der Waals surface area contributed by atoms with Gasteiger partial charge in [0.05, 0.1) is 12.7 Å². The highest BCUT2D eigenvalue weighted by Gasteiger charge is 2.28. The van der Waals surface area contributed by atoms with Crippen molar-refractivity contribution in [3.8, 4) is 0 Å². The van der Waals surface area contributed by atoms with E-state index in [0.29, 0.717) is 24.5 Å². The molecule has 116 valence electrons. The second-order valence-corrected chi connectivity index (χ2v) is 4.57. The van der Waals surface area contributed by atoms with E-state index in [2.05, 4.69) is 16.0 Å². The van der Waals surface area contributed by atoms with E-state index in [9.17, 15) is 9.59 Å². The number of halogens is 1. The number of carbonyl (C=O) groups is 2. The quantitative estimate of drug-likeness (QED) is 0.665. The molecular formula is C13H19ClN4O3. The lowest BCUT2D eigenvalue weighted by Crippen LogP contribution is -2.53. The predicted molar refractivity (Wildman–Crippen MR) is 82.7 cm³/mol. The van der Waals surface area contributed by atoms with E-state index in [4.69, 9.17) is 10.5 Å². The summed E-state index contributed by atoms with van der Waals surface area (Å²) in [4.78, 5) is 22.9. The minimum absolute atomic E-state index is 0. The van der Waals surface area contributed by atoms with Crippen molar-refractivity contribution in [1.29, 1.82) is 0 Å². The van der Waals surface area contributed by atoms with E-state index < -0.39 is 12.1 Å². The van der Waals surface area contributed by atoms with Crippen LogP contribution in [-0.2, 0) is 9.53 Å². The number of ether oxygens (including phenoxy) is 1. The van der Waals surface area contributed by atoms with Crippen LogP contribution in [0.3, 0.4) is 0 Å². The summed E-state index contributed by atoms with van der Waals surface area (Å²) >= 11 is 0. The Balaban J connectivity index is 0.00000220. The molecule has 1 aromatic carbocycles. The number of carbonyl (C=O) groups excluding carboxylic acids is 2. The first-order valence-electron chi connectivity index (χ1n) is 6.38. The number of benzene rings is 1. The normalized spacial score (nSPS) is 21.0. The Morgan fingerprint density at radius 2 is 2.00 bits per heavy atom. The average molecular weight is 315 g/mol. The van der Waals surface area contributed by atoms with Crippen LogP contribution in [-0.4, -0.2) is 37.2 Å². The van der Waals surface area contributed by atoms with Gasteiger partial charge in [-0.15, -0.1) is 12.4 Å². The second-order valence-electron chi connectivity index (χ2n) is 4.57. The number of nitrogens with two attached hydrogens (primary N) is 1. The molecule has 1 saturated heterocycles. The van der Waals surface area contributed by atoms with Crippen molar-refractivity contribution in [3.05, 3.63) is 24.3 Å². The SMILES string of the molecule is C[C@H]1OCCN[C@@H]1C(=O)Nc1cccc(NC(N)=O)c1.Cl. The number of nitrogens with one attached hydrogen (secondary N) is 3. The molecule has 7 nitrogen and oxygen atoms in total. The maximum Gasteiger partial charge on any atom is 0.316 e. The van der Waals surface area contributed by atoms with Gasteiger partial charge in [-0.1, -0.05) is 6.07 Å². The van der Waals surface area contributed by atoms with E-state index in [1.165, 1.54) is 0 Å². The van der Waals surface area contributed by atoms with Crippen molar-refractivity contribution in [2.24, 2.45) is 5.73 Å². The fraction of sp³-hybridized carbons (Fsp3) is 0.385. The lowest BCUT2D eigenvalue weighted by Gasteiger charge is -2.29.